The molecule has 1 aromatic carbocycles. The van der Waals surface area contributed by atoms with Crippen LogP contribution in [0, 0.1) is 5.92 Å². The van der Waals surface area contributed by atoms with Gasteiger partial charge < -0.3 is 19.7 Å². The summed E-state index contributed by atoms with van der Waals surface area (Å²) in [6.45, 7) is 14.6. The fourth-order valence-electron chi connectivity index (χ4n) is 5.39. The summed E-state index contributed by atoms with van der Waals surface area (Å²) in [6.07, 6.45) is 13.5. The second-order valence-corrected chi connectivity index (χ2v) is 12.8. The summed E-state index contributed by atoms with van der Waals surface area (Å²) in [4.78, 5) is 31.3. The molecule has 1 N–H and O–H groups in total. The van der Waals surface area contributed by atoms with Crippen LogP contribution in [0.3, 0.4) is 0 Å². The Morgan fingerprint density at radius 2 is 1.56 bits per heavy atom. The van der Waals surface area contributed by atoms with Gasteiger partial charge >= 0.3 is 11.9 Å². The van der Waals surface area contributed by atoms with E-state index in [4.69, 9.17) is 9.47 Å². The van der Waals surface area contributed by atoms with Crippen LogP contribution in [0.1, 0.15) is 85.3 Å². The van der Waals surface area contributed by atoms with E-state index in [0.29, 0.717) is 18.3 Å². The average molecular weight is 566 g/mol. The Morgan fingerprint density at radius 1 is 0.951 bits per heavy atom. The first-order valence-electron chi connectivity index (χ1n) is 15.1. The van der Waals surface area contributed by atoms with Crippen molar-refractivity contribution in [3.8, 4) is 0 Å². The van der Waals surface area contributed by atoms with Crippen molar-refractivity contribution in [1.29, 1.82) is 0 Å². The lowest BCUT2D eigenvalue weighted by molar-refractivity contribution is -0.222. The second-order valence-electron chi connectivity index (χ2n) is 12.8. The van der Waals surface area contributed by atoms with Crippen molar-refractivity contribution in [2.75, 3.05) is 14.1 Å². The molecule has 1 saturated heterocycles. The Bertz CT molecular complexity index is 1130. The molecule has 2 aliphatic rings. The van der Waals surface area contributed by atoms with Crippen LogP contribution in [0.15, 0.2) is 60.0 Å². The number of nitrogens with one attached hydrogen (secondary N) is 1. The third-order valence-electron chi connectivity index (χ3n) is 8.12. The minimum absolute atomic E-state index is 0.0381. The number of ether oxygens (including phenoxy) is 2. The van der Waals surface area contributed by atoms with Crippen molar-refractivity contribution < 1.29 is 19.1 Å². The molecule has 1 heterocycles. The zero-order chi connectivity index (χ0) is 30.4. The second kappa shape index (κ2) is 13.7. The van der Waals surface area contributed by atoms with Crippen molar-refractivity contribution in [2.24, 2.45) is 5.92 Å². The van der Waals surface area contributed by atoms with Gasteiger partial charge in [-0.3, -0.25) is 4.90 Å². The molecular formula is C34H51N3O4. The largest absolute Gasteiger partial charge is 0.419 e. The van der Waals surface area contributed by atoms with Crippen molar-refractivity contribution in [2.45, 2.75) is 111 Å². The Hall–Kier alpha value is -3.06. The summed E-state index contributed by atoms with van der Waals surface area (Å²) < 4.78 is 11.2. The van der Waals surface area contributed by atoms with Gasteiger partial charge in [-0.15, -0.1) is 0 Å². The number of nitrogens with zero attached hydrogens (tertiary/aromatic N) is 2. The topological polar surface area (TPSA) is 71.1 Å². The predicted octanol–water partition coefficient (Wildman–Crippen LogP) is 6.11. The first-order valence-corrected chi connectivity index (χ1v) is 15.1. The first-order chi connectivity index (χ1) is 19.3. The number of allylic oxidation sites excluding steroid dienone is 2. The highest BCUT2D eigenvalue weighted by atomic mass is 16.7. The number of benzene rings is 1. The zero-order valence-electron chi connectivity index (χ0n) is 26.6. The van der Waals surface area contributed by atoms with Crippen LogP contribution in [-0.4, -0.2) is 59.2 Å². The molecule has 226 valence electrons. The number of esters is 2. The minimum atomic E-state index is -1.32. The van der Waals surface area contributed by atoms with Crippen LogP contribution in [0.5, 0.6) is 0 Å². The summed E-state index contributed by atoms with van der Waals surface area (Å²) in [5, 5.41) is 3.64. The van der Waals surface area contributed by atoms with Gasteiger partial charge in [-0.05, 0) is 57.8 Å². The first kappa shape index (κ1) is 32.5. The molecule has 0 bridgehead atoms. The number of rotatable bonds is 13. The molecule has 3 unspecified atom stereocenters. The minimum Gasteiger partial charge on any atom is -0.419 e. The van der Waals surface area contributed by atoms with E-state index >= 15 is 0 Å². The van der Waals surface area contributed by atoms with Gasteiger partial charge in [0.15, 0.2) is 5.57 Å². The van der Waals surface area contributed by atoms with Crippen LogP contribution in [-0.2, 0) is 32.0 Å². The Labute approximate surface area is 247 Å². The predicted molar refractivity (Wildman–Crippen MR) is 165 cm³/mol. The van der Waals surface area contributed by atoms with E-state index in [1.165, 1.54) is 5.56 Å². The highest BCUT2D eigenvalue weighted by Crippen LogP contribution is 2.31. The monoisotopic (exact) mass is 565 g/mol. The number of cyclic esters (lactones) is 2. The number of carbonyl (C=O) groups excluding carboxylic acids is 2. The summed E-state index contributed by atoms with van der Waals surface area (Å²) in [5.74, 6) is -1.64. The van der Waals surface area contributed by atoms with E-state index in [-0.39, 0.29) is 17.7 Å². The lowest BCUT2D eigenvalue weighted by Gasteiger charge is -2.45. The molecule has 0 amide bonds. The van der Waals surface area contributed by atoms with Crippen LogP contribution >= 0.6 is 0 Å². The van der Waals surface area contributed by atoms with Crippen LogP contribution in [0.2, 0.25) is 0 Å². The molecule has 1 fully saturated rings. The molecule has 1 aromatic rings. The molecule has 1 aliphatic carbocycles. The molecule has 3 rings (SSSR count). The average Bonchev–Trinajstić information content (AvgIpc) is 2.87. The molecule has 41 heavy (non-hydrogen) atoms. The normalized spacial score (nSPS) is 22.5. The van der Waals surface area contributed by atoms with Gasteiger partial charge in [-0.2, -0.15) is 0 Å². The zero-order valence-corrected chi connectivity index (χ0v) is 26.6. The van der Waals surface area contributed by atoms with Crippen LogP contribution in [0.25, 0.3) is 0 Å². The van der Waals surface area contributed by atoms with Gasteiger partial charge in [0, 0.05) is 26.4 Å². The number of carbonyl (C=O) groups is 2. The third-order valence-corrected chi connectivity index (χ3v) is 8.12. The Morgan fingerprint density at radius 3 is 2.12 bits per heavy atom. The van der Waals surface area contributed by atoms with Gasteiger partial charge in [0.05, 0.1) is 11.6 Å². The molecule has 0 radical (unpaired) electrons. The van der Waals surface area contributed by atoms with Gasteiger partial charge in [0.1, 0.15) is 5.82 Å². The highest BCUT2D eigenvalue weighted by Gasteiger charge is 2.44. The maximum atomic E-state index is 13.5. The van der Waals surface area contributed by atoms with E-state index < -0.39 is 23.3 Å². The summed E-state index contributed by atoms with van der Waals surface area (Å²) in [6, 6.07) is 8.48. The van der Waals surface area contributed by atoms with Crippen LogP contribution in [0.4, 0.5) is 0 Å². The number of unbranched alkanes of at least 4 members (excludes halogenated alkanes) is 2. The maximum absolute atomic E-state index is 13.5. The molecule has 0 saturated carbocycles. The van der Waals surface area contributed by atoms with Gasteiger partial charge in [-0.25, -0.2) is 9.59 Å². The molecule has 0 spiro atoms. The highest BCUT2D eigenvalue weighted by molar-refractivity contribution is 6.15. The lowest BCUT2D eigenvalue weighted by Crippen LogP contribution is -2.58. The lowest BCUT2D eigenvalue weighted by atomic mass is 9.86. The Kier molecular flexibility index (Phi) is 10.9. The van der Waals surface area contributed by atoms with Gasteiger partial charge in [0.2, 0.25) is 0 Å². The molecular weight excluding hydrogens is 514 g/mol. The molecule has 1 aliphatic heterocycles. The molecule has 3 atom stereocenters. The third kappa shape index (κ3) is 8.25. The van der Waals surface area contributed by atoms with Gasteiger partial charge in [0.25, 0.3) is 5.79 Å². The van der Waals surface area contributed by atoms with Crippen molar-refractivity contribution in [1.82, 2.24) is 15.1 Å². The Balaban J connectivity index is 2.12. The fraction of sp³-hybridized carbons (Fsp3) is 0.588. The van der Waals surface area contributed by atoms with Gasteiger partial charge in [-0.1, -0.05) is 88.6 Å². The molecule has 7 heteroatoms. The summed E-state index contributed by atoms with van der Waals surface area (Å²) in [7, 11) is 4.06. The fourth-order valence-corrected chi connectivity index (χ4v) is 5.39. The standard InChI is InChI=1S/C34H51N3O4/c1-10-11-12-15-25(4)37(23-27-19-17-26(18-20-27)22-24(2)3)30(29-31(38)40-33(5,6)41-32(29)39)35-28-16-13-14-21-34(28,7)36(8)9/h13-14,16-21,24-25,28,35H,10-12,15,22-23H2,1-9H3. The van der Waals surface area contributed by atoms with E-state index in [9.17, 15) is 9.59 Å². The van der Waals surface area contributed by atoms with E-state index in [1.54, 1.807) is 13.8 Å². The van der Waals surface area contributed by atoms with Crippen molar-refractivity contribution in [3.05, 3.63) is 71.1 Å². The van der Waals surface area contributed by atoms with Crippen molar-refractivity contribution >= 4 is 11.9 Å². The van der Waals surface area contributed by atoms with E-state index in [1.807, 2.05) is 26.2 Å². The summed E-state index contributed by atoms with van der Waals surface area (Å²) >= 11 is 0. The van der Waals surface area contributed by atoms with Crippen LogP contribution < -0.4 is 5.32 Å². The maximum Gasteiger partial charge on any atom is 0.352 e. The quantitative estimate of drug-likeness (QED) is 0.134. The smallest absolute Gasteiger partial charge is 0.352 e. The molecule has 7 nitrogen and oxygen atoms in total. The number of hydrogen-bond donors (Lipinski definition) is 1. The van der Waals surface area contributed by atoms with E-state index in [2.05, 4.69) is 86.2 Å². The van der Waals surface area contributed by atoms with E-state index in [0.717, 1.165) is 37.7 Å². The van der Waals surface area contributed by atoms with Crippen molar-refractivity contribution in [3.63, 3.8) is 0 Å². The molecule has 0 aromatic heterocycles. The summed E-state index contributed by atoms with van der Waals surface area (Å²) in [5.41, 5.74) is 1.91. The number of hydrogen-bond acceptors (Lipinski definition) is 7. The number of likely N-dealkylation sites (N-methyl/N-ethyl adjacent to an activating group) is 1. The SMILES string of the molecule is CCCCCC(C)N(Cc1ccc(CC(C)C)cc1)C(NC1C=CC=CC1(C)N(C)C)=C1C(=O)OC(C)(C)OC1=O.